The zero-order chi connectivity index (χ0) is 41.4. The van der Waals surface area contributed by atoms with Gasteiger partial charge < -0.3 is 13.4 Å². The van der Waals surface area contributed by atoms with Gasteiger partial charge in [0.25, 0.3) is 0 Å². The Morgan fingerprint density at radius 2 is 0.857 bits per heavy atom. The fourth-order valence-electron chi connectivity index (χ4n) is 9.28. The van der Waals surface area contributed by atoms with Crippen LogP contribution in [0.1, 0.15) is 0 Å². The standard InChI is InChI=1S/C57H34N4O2/c1-4-14-35(15-5-1)38-25-29-49-47(30-38)42-20-10-12-22-48(42)61(49)41-26-28-44-43-27-24-39(32-51(43)63-52(44)34-41)56-58-55(37-18-8-3-9-19-37)59-57(60-56)40-31-46(36-16-6-2-7-17-36)54-45-21-11-13-23-50(45)62-53(54)33-40/h1-34H. The van der Waals surface area contributed by atoms with Crippen LogP contribution in [0.5, 0.6) is 0 Å². The summed E-state index contributed by atoms with van der Waals surface area (Å²) >= 11 is 0. The molecule has 63 heavy (non-hydrogen) atoms. The molecule has 0 unspecified atom stereocenters. The van der Waals surface area contributed by atoms with Crippen LogP contribution >= 0.6 is 0 Å². The summed E-state index contributed by atoms with van der Waals surface area (Å²) in [5, 5.41) is 6.61. The first-order valence-electron chi connectivity index (χ1n) is 21.1. The molecule has 0 amide bonds. The smallest absolute Gasteiger partial charge is 0.164 e. The highest BCUT2D eigenvalue weighted by Gasteiger charge is 2.20. The van der Waals surface area contributed by atoms with Crippen LogP contribution in [0.4, 0.5) is 0 Å². The lowest BCUT2D eigenvalue weighted by molar-refractivity contribution is 0.668. The summed E-state index contributed by atoms with van der Waals surface area (Å²) in [5.74, 6) is 1.68. The van der Waals surface area contributed by atoms with E-state index in [0.29, 0.717) is 17.5 Å². The van der Waals surface area contributed by atoms with Gasteiger partial charge in [-0.15, -0.1) is 0 Å². The lowest BCUT2D eigenvalue weighted by Gasteiger charge is -2.11. The van der Waals surface area contributed by atoms with Gasteiger partial charge in [-0.25, -0.2) is 15.0 Å². The van der Waals surface area contributed by atoms with Crippen molar-refractivity contribution in [2.75, 3.05) is 0 Å². The van der Waals surface area contributed by atoms with Crippen LogP contribution in [0.15, 0.2) is 215 Å². The summed E-state index contributed by atoms with van der Waals surface area (Å²) in [6, 6.07) is 71.5. The molecule has 0 aliphatic heterocycles. The largest absolute Gasteiger partial charge is 0.456 e. The number of rotatable bonds is 6. The highest BCUT2D eigenvalue weighted by Crippen LogP contribution is 2.41. The molecule has 9 aromatic carbocycles. The molecule has 0 bridgehead atoms. The van der Waals surface area contributed by atoms with Crippen molar-refractivity contribution < 1.29 is 8.83 Å². The van der Waals surface area contributed by atoms with Gasteiger partial charge >= 0.3 is 0 Å². The Kier molecular flexibility index (Phi) is 7.80. The number of furan rings is 2. The molecule has 0 saturated heterocycles. The van der Waals surface area contributed by atoms with E-state index in [0.717, 1.165) is 88.4 Å². The second-order valence-electron chi connectivity index (χ2n) is 16.0. The van der Waals surface area contributed by atoms with E-state index in [1.54, 1.807) is 0 Å². The van der Waals surface area contributed by atoms with E-state index < -0.39 is 0 Å². The molecular formula is C57H34N4O2. The Labute approximate surface area is 361 Å². The van der Waals surface area contributed by atoms with Gasteiger partial charge in [0.15, 0.2) is 17.5 Å². The van der Waals surface area contributed by atoms with Gasteiger partial charge in [-0.3, -0.25) is 0 Å². The Balaban J connectivity index is 0.950. The van der Waals surface area contributed by atoms with Crippen LogP contribution in [0.3, 0.4) is 0 Å². The normalized spacial score (nSPS) is 11.8. The number of aromatic nitrogens is 4. The highest BCUT2D eigenvalue weighted by atomic mass is 16.3. The summed E-state index contributed by atoms with van der Waals surface area (Å²) in [5.41, 5.74) is 13.6. The predicted octanol–water partition coefficient (Wildman–Crippen LogP) is 15.1. The third kappa shape index (κ3) is 5.76. The number of benzene rings is 9. The van der Waals surface area contributed by atoms with Gasteiger partial charge in [-0.05, 0) is 82.9 Å². The molecule has 0 aliphatic rings. The van der Waals surface area contributed by atoms with E-state index in [-0.39, 0.29) is 0 Å². The van der Waals surface area contributed by atoms with Crippen molar-refractivity contribution in [2.24, 2.45) is 0 Å². The molecule has 0 spiro atoms. The van der Waals surface area contributed by atoms with Gasteiger partial charge in [0.1, 0.15) is 22.3 Å². The minimum absolute atomic E-state index is 0.549. The van der Waals surface area contributed by atoms with Crippen molar-refractivity contribution in [1.82, 2.24) is 19.5 Å². The van der Waals surface area contributed by atoms with Gasteiger partial charge in [0, 0.05) is 60.8 Å². The van der Waals surface area contributed by atoms with Crippen LogP contribution in [-0.4, -0.2) is 19.5 Å². The van der Waals surface area contributed by atoms with Crippen LogP contribution in [0, 0.1) is 0 Å². The van der Waals surface area contributed by atoms with Crippen molar-refractivity contribution in [3.05, 3.63) is 206 Å². The zero-order valence-corrected chi connectivity index (χ0v) is 33.7. The van der Waals surface area contributed by atoms with Gasteiger partial charge in [0.2, 0.25) is 0 Å². The molecule has 294 valence electrons. The van der Waals surface area contributed by atoms with Crippen LogP contribution in [-0.2, 0) is 0 Å². The van der Waals surface area contributed by atoms with Gasteiger partial charge in [-0.1, -0.05) is 140 Å². The Bertz CT molecular complexity index is 3900. The summed E-state index contributed by atoms with van der Waals surface area (Å²) in [6.45, 7) is 0. The van der Waals surface area contributed by atoms with Crippen LogP contribution in [0.25, 0.3) is 128 Å². The van der Waals surface area contributed by atoms with E-state index in [4.69, 9.17) is 23.8 Å². The quantitative estimate of drug-likeness (QED) is 0.167. The maximum absolute atomic E-state index is 6.73. The number of nitrogens with zero attached hydrogens (tertiary/aromatic N) is 4. The molecular weight excluding hydrogens is 773 g/mol. The van der Waals surface area contributed by atoms with Crippen molar-refractivity contribution in [3.63, 3.8) is 0 Å². The SMILES string of the molecule is c1ccc(-c2ccc3c(c2)c2ccccc2n3-c2ccc3c(c2)oc2cc(-c4nc(-c5ccccc5)nc(-c5cc(-c6ccccc6)c6c(c5)oc5ccccc56)n4)ccc23)cc1. The average Bonchev–Trinajstić information content (AvgIpc) is 4.03. The molecule has 13 rings (SSSR count). The number of para-hydroxylation sites is 2. The van der Waals surface area contributed by atoms with Crippen molar-refractivity contribution in [1.29, 1.82) is 0 Å². The Morgan fingerprint density at radius 3 is 1.63 bits per heavy atom. The first kappa shape index (κ1) is 35.2. The van der Waals surface area contributed by atoms with Crippen molar-refractivity contribution >= 4 is 65.7 Å². The lowest BCUT2D eigenvalue weighted by atomic mass is 9.97. The van der Waals surface area contributed by atoms with Gasteiger partial charge in [-0.2, -0.15) is 0 Å². The minimum Gasteiger partial charge on any atom is -0.456 e. The topological polar surface area (TPSA) is 69.9 Å². The molecule has 0 fully saturated rings. The van der Waals surface area contributed by atoms with Crippen molar-refractivity contribution in [3.8, 4) is 62.1 Å². The summed E-state index contributed by atoms with van der Waals surface area (Å²) in [6.07, 6.45) is 0. The van der Waals surface area contributed by atoms with E-state index >= 15 is 0 Å². The third-order valence-corrected chi connectivity index (χ3v) is 12.2. The number of fused-ring (bicyclic) bond motifs is 9. The Hall–Kier alpha value is -8.61. The van der Waals surface area contributed by atoms with Crippen LogP contribution in [0.2, 0.25) is 0 Å². The van der Waals surface area contributed by atoms with E-state index in [2.05, 4.69) is 156 Å². The second kappa shape index (κ2) is 14.0. The number of hydrogen-bond donors (Lipinski definition) is 0. The predicted molar refractivity (Wildman–Crippen MR) is 256 cm³/mol. The van der Waals surface area contributed by atoms with Crippen molar-refractivity contribution in [2.45, 2.75) is 0 Å². The van der Waals surface area contributed by atoms with Crippen LogP contribution < -0.4 is 0 Å². The summed E-state index contributed by atoms with van der Waals surface area (Å²) < 4.78 is 15.6. The maximum atomic E-state index is 6.73. The third-order valence-electron chi connectivity index (χ3n) is 12.2. The van der Waals surface area contributed by atoms with E-state index in [1.807, 2.05) is 54.6 Å². The monoisotopic (exact) mass is 806 g/mol. The molecule has 0 N–H and O–H groups in total. The molecule has 4 aromatic heterocycles. The van der Waals surface area contributed by atoms with E-state index in [9.17, 15) is 0 Å². The van der Waals surface area contributed by atoms with Gasteiger partial charge in [0.05, 0.1) is 11.0 Å². The summed E-state index contributed by atoms with van der Waals surface area (Å²) in [4.78, 5) is 15.4. The van der Waals surface area contributed by atoms with E-state index in [1.165, 1.54) is 21.9 Å². The first-order chi connectivity index (χ1) is 31.2. The fraction of sp³-hybridized carbons (Fsp3) is 0. The molecule has 6 heteroatoms. The zero-order valence-electron chi connectivity index (χ0n) is 33.7. The lowest BCUT2D eigenvalue weighted by Crippen LogP contribution is -2.00. The molecule has 6 nitrogen and oxygen atoms in total. The molecule has 4 heterocycles. The fourth-order valence-corrected chi connectivity index (χ4v) is 9.28. The average molecular weight is 807 g/mol. The summed E-state index contributed by atoms with van der Waals surface area (Å²) in [7, 11) is 0. The number of hydrogen-bond acceptors (Lipinski definition) is 5. The molecule has 0 radical (unpaired) electrons. The maximum Gasteiger partial charge on any atom is 0.164 e. The highest BCUT2D eigenvalue weighted by molar-refractivity contribution is 6.14. The second-order valence-corrected chi connectivity index (χ2v) is 16.0. The Morgan fingerprint density at radius 1 is 0.302 bits per heavy atom. The molecule has 13 aromatic rings. The molecule has 0 atom stereocenters. The molecule has 0 saturated carbocycles. The minimum atomic E-state index is 0.549. The first-order valence-corrected chi connectivity index (χ1v) is 21.1. The molecule has 0 aliphatic carbocycles.